The van der Waals surface area contributed by atoms with Crippen molar-refractivity contribution in [2.45, 2.75) is 19.4 Å². The summed E-state index contributed by atoms with van der Waals surface area (Å²) in [6.07, 6.45) is 7.81. The molecular formula is C22H22N6O. The van der Waals surface area contributed by atoms with Crippen LogP contribution in [0, 0.1) is 0 Å². The molecule has 0 saturated carbocycles. The summed E-state index contributed by atoms with van der Waals surface area (Å²) in [6, 6.07) is 10.2. The van der Waals surface area contributed by atoms with Crippen molar-refractivity contribution in [3.63, 3.8) is 0 Å². The molecule has 1 amide bonds. The number of pyridine rings is 1. The average molecular weight is 386 g/mol. The summed E-state index contributed by atoms with van der Waals surface area (Å²) in [5.41, 5.74) is 17.3. The number of carbonyl (C=O) groups excluding carboxylic acids is 1. The third kappa shape index (κ3) is 4.00. The summed E-state index contributed by atoms with van der Waals surface area (Å²) < 4.78 is 0. The summed E-state index contributed by atoms with van der Waals surface area (Å²) >= 11 is 0. The topological polar surface area (TPSA) is 120 Å². The maximum Gasteiger partial charge on any atom is 0.269 e. The van der Waals surface area contributed by atoms with Gasteiger partial charge < -0.3 is 16.8 Å². The van der Waals surface area contributed by atoms with Crippen molar-refractivity contribution in [2.24, 2.45) is 11.5 Å². The summed E-state index contributed by atoms with van der Waals surface area (Å²) in [6.45, 7) is 2.45. The normalized spacial score (nSPS) is 13.5. The molecule has 0 fully saturated rings. The summed E-state index contributed by atoms with van der Waals surface area (Å²) in [5, 5.41) is 3.14. The summed E-state index contributed by atoms with van der Waals surface area (Å²) in [7, 11) is 0. The first-order valence-electron chi connectivity index (χ1n) is 9.42. The maximum absolute atomic E-state index is 11.9. The Labute approximate surface area is 168 Å². The van der Waals surface area contributed by atoms with Gasteiger partial charge in [-0.2, -0.15) is 0 Å². The fourth-order valence-corrected chi connectivity index (χ4v) is 3.34. The lowest BCUT2D eigenvalue weighted by Crippen LogP contribution is -2.26. The van der Waals surface area contributed by atoms with Crippen molar-refractivity contribution in [1.29, 1.82) is 0 Å². The Hall–Kier alpha value is -3.58. The molecule has 5 N–H and O–H groups in total. The van der Waals surface area contributed by atoms with Crippen LogP contribution in [0.2, 0.25) is 0 Å². The Kier molecular flexibility index (Phi) is 5.05. The molecule has 0 bridgehead atoms. The average Bonchev–Trinajstić information content (AvgIpc) is 3.16. The Morgan fingerprint density at radius 2 is 2.10 bits per heavy atom. The van der Waals surface area contributed by atoms with E-state index >= 15 is 0 Å². The number of anilines is 1. The predicted molar refractivity (Wildman–Crippen MR) is 114 cm³/mol. The van der Waals surface area contributed by atoms with Crippen LogP contribution in [0.3, 0.4) is 0 Å². The SMILES string of the molecule is C[C@H](N)CNc1cnc(C(N)=O)c(C2=Cc3cc(-c4cccnc4)ccc3C2)n1. The van der Waals surface area contributed by atoms with Crippen molar-refractivity contribution in [2.75, 3.05) is 11.9 Å². The molecule has 0 aliphatic heterocycles. The van der Waals surface area contributed by atoms with Crippen LogP contribution < -0.4 is 16.8 Å². The largest absolute Gasteiger partial charge is 0.367 e. The van der Waals surface area contributed by atoms with Crippen LogP contribution in [0.25, 0.3) is 22.8 Å². The number of rotatable bonds is 6. The van der Waals surface area contributed by atoms with Gasteiger partial charge in [0.1, 0.15) is 11.5 Å². The molecule has 2 aromatic heterocycles. The van der Waals surface area contributed by atoms with Crippen molar-refractivity contribution in [3.05, 3.63) is 71.4 Å². The Morgan fingerprint density at radius 1 is 1.24 bits per heavy atom. The summed E-state index contributed by atoms with van der Waals surface area (Å²) in [5.74, 6) is -0.0330. The quantitative estimate of drug-likeness (QED) is 0.599. The Bertz CT molecular complexity index is 1090. The number of hydrogen-bond donors (Lipinski definition) is 3. The fraction of sp³-hybridized carbons (Fsp3) is 0.182. The molecule has 1 atom stereocenters. The van der Waals surface area contributed by atoms with E-state index in [-0.39, 0.29) is 11.7 Å². The van der Waals surface area contributed by atoms with Gasteiger partial charge in [-0.3, -0.25) is 9.78 Å². The van der Waals surface area contributed by atoms with Gasteiger partial charge in [-0.25, -0.2) is 9.97 Å². The minimum atomic E-state index is -0.598. The van der Waals surface area contributed by atoms with E-state index in [1.165, 1.54) is 11.8 Å². The molecular weight excluding hydrogens is 364 g/mol. The zero-order valence-electron chi connectivity index (χ0n) is 16.1. The molecule has 7 nitrogen and oxygen atoms in total. The molecule has 0 spiro atoms. The highest BCUT2D eigenvalue weighted by Gasteiger charge is 2.22. The van der Waals surface area contributed by atoms with Crippen LogP contribution in [0.4, 0.5) is 5.82 Å². The van der Waals surface area contributed by atoms with Gasteiger partial charge in [0.25, 0.3) is 5.91 Å². The molecule has 0 saturated heterocycles. The van der Waals surface area contributed by atoms with E-state index in [4.69, 9.17) is 11.5 Å². The van der Waals surface area contributed by atoms with E-state index in [0.717, 1.165) is 22.3 Å². The molecule has 2 heterocycles. The second-order valence-corrected chi connectivity index (χ2v) is 7.18. The van der Waals surface area contributed by atoms with Gasteiger partial charge in [-0.05, 0) is 47.4 Å². The van der Waals surface area contributed by atoms with Crippen LogP contribution in [0.5, 0.6) is 0 Å². The van der Waals surface area contributed by atoms with E-state index in [1.807, 2.05) is 31.3 Å². The number of allylic oxidation sites excluding steroid dienone is 1. The van der Waals surface area contributed by atoms with Crippen LogP contribution in [-0.4, -0.2) is 33.4 Å². The van der Waals surface area contributed by atoms with Gasteiger partial charge in [0.05, 0.1) is 6.20 Å². The zero-order chi connectivity index (χ0) is 20.4. The fourth-order valence-electron chi connectivity index (χ4n) is 3.34. The summed E-state index contributed by atoms with van der Waals surface area (Å²) in [4.78, 5) is 24.9. The Balaban J connectivity index is 1.70. The van der Waals surface area contributed by atoms with Gasteiger partial charge >= 0.3 is 0 Å². The second-order valence-electron chi connectivity index (χ2n) is 7.18. The van der Waals surface area contributed by atoms with Crippen LogP contribution >= 0.6 is 0 Å². The molecule has 29 heavy (non-hydrogen) atoms. The van der Waals surface area contributed by atoms with Gasteiger partial charge in [-0.1, -0.05) is 18.2 Å². The van der Waals surface area contributed by atoms with E-state index in [0.29, 0.717) is 24.5 Å². The zero-order valence-corrected chi connectivity index (χ0v) is 16.1. The van der Waals surface area contributed by atoms with Crippen molar-refractivity contribution >= 4 is 23.4 Å². The lowest BCUT2D eigenvalue weighted by atomic mass is 10.0. The minimum absolute atomic E-state index is 0.0306. The lowest BCUT2D eigenvalue weighted by molar-refractivity contribution is 0.0995. The van der Waals surface area contributed by atoms with Gasteiger partial charge in [0.15, 0.2) is 5.69 Å². The van der Waals surface area contributed by atoms with Crippen molar-refractivity contribution < 1.29 is 4.79 Å². The van der Waals surface area contributed by atoms with E-state index < -0.39 is 5.91 Å². The molecule has 0 radical (unpaired) electrons. The third-order valence-electron chi connectivity index (χ3n) is 4.77. The minimum Gasteiger partial charge on any atom is -0.367 e. The standard InChI is InChI=1S/C22H22N6O/c1-13(23)10-26-19-12-27-21(22(24)29)20(28-19)18-8-15-5-4-14(7-17(15)9-18)16-3-2-6-25-11-16/h2-7,9,11-13H,8,10,23H2,1H3,(H2,24,29)(H,26,28)/t13-/m0/s1. The highest BCUT2D eigenvalue weighted by atomic mass is 16.1. The Morgan fingerprint density at radius 3 is 2.83 bits per heavy atom. The number of benzene rings is 1. The number of aromatic nitrogens is 3. The lowest BCUT2D eigenvalue weighted by Gasteiger charge is -2.11. The van der Waals surface area contributed by atoms with Crippen molar-refractivity contribution in [3.8, 4) is 11.1 Å². The number of nitrogens with one attached hydrogen (secondary N) is 1. The monoisotopic (exact) mass is 386 g/mol. The van der Waals surface area contributed by atoms with Crippen LogP contribution in [0.1, 0.15) is 34.2 Å². The van der Waals surface area contributed by atoms with Gasteiger partial charge in [-0.15, -0.1) is 0 Å². The van der Waals surface area contributed by atoms with Crippen molar-refractivity contribution in [1.82, 2.24) is 15.0 Å². The number of amides is 1. The maximum atomic E-state index is 11.9. The molecule has 1 aliphatic rings. The molecule has 1 aliphatic carbocycles. The van der Waals surface area contributed by atoms with Gasteiger partial charge in [0, 0.05) is 37.0 Å². The predicted octanol–water partition coefficient (Wildman–Crippen LogP) is 2.49. The number of carbonyl (C=O) groups is 1. The van der Waals surface area contributed by atoms with Crippen LogP contribution in [0.15, 0.2) is 48.9 Å². The smallest absolute Gasteiger partial charge is 0.269 e. The van der Waals surface area contributed by atoms with Gasteiger partial charge in [0.2, 0.25) is 0 Å². The number of nitrogens with zero attached hydrogens (tertiary/aromatic N) is 3. The molecule has 7 heteroatoms. The number of primary amides is 1. The second kappa shape index (κ2) is 7.81. The highest BCUT2D eigenvalue weighted by Crippen LogP contribution is 2.34. The molecule has 4 rings (SSSR count). The number of nitrogens with two attached hydrogens (primary N) is 2. The highest BCUT2D eigenvalue weighted by molar-refractivity contribution is 5.99. The number of fused-ring (bicyclic) bond motifs is 1. The first-order valence-corrected chi connectivity index (χ1v) is 9.42. The van der Waals surface area contributed by atoms with E-state index in [9.17, 15) is 4.79 Å². The third-order valence-corrected chi connectivity index (χ3v) is 4.77. The first kappa shape index (κ1) is 18.8. The molecule has 1 aromatic carbocycles. The van der Waals surface area contributed by atoms with E-state index in [1.54, 1.807) is 6.20 Å². The van der Waals surface area contributed by atoms with Crippen LogP contribution in [-0.2, 0) is 6.42 Å². The molecule has 3 aromatic rings. The molecule has 146 valence electrons. The first-order chi connectivity index (χ1) is 14.0. The molecule has 0 unspecified atom stereocenters. The number of hydrogen-bond acceptors (Lipinski definition) is 6. The van der Waals surface area contributed by atoms with E-state index in [2.05, 4.69) is 38.5 Å².